The first-order chi connectivity index (χ1) is 32.1. The van der Waals surface area contributed by atoms with Crippen LogP contribution in [-0.2, 0) is 17.4 Å². The molecule has 10 rings (SSSR count). The summed E-state index contributed by atoms with van der Waals surface area (Å²) in [5, 5.41) is 24.4. The zero-order valence-corrected chi connectivity index (χ0v) is 39.1. The third kappa shape index (κ3) is 9.12. The molecule has 1 saturated heterocycles. The van der Waals surface area contributed by atoms with Gasteiger partial charge in [-0.1, -0.05) is 12.8 Å². The van der Waals surface area contributed by atoms with E-state index in [0.717, 1.165) is 102 Å². The molecule has 5 N–H and O–H groups in total. The summed E-state index contributed by atoms with van der Waals surface area (Å²) in [6.07, 6.45) is 15.1. The average Bonchev–Trinajstić information content (AvgIpc) is 3.83. The van der Waals surface area contributed by atoms with Gasteiger partial charge in [0.2, 0.25) is 11.9 Å². The summed E-state index contributed by atoms with van der Waals surface area (Å²) in [7, 11) is 1.95. The molecular weight excluding hydrogens is 851 g/mol. The highest BCUT2D eigenvalue weighted by Gasteiger charge is 2.53. The van der Waals surface area contributed by atoms with Crippen LogP contribution in [0.4, 0.5) is 29.1 Å². The predicted molar refractivity (Wildman–Crippen MR) is 255 cm³/mol. The number of ketones is 1. The molecule has 1 aliphatic heterocycles. The second kappa shape index (κ2) is 17.4. The number of pyridine rings is 3. The van der Waals surface area contributed by atoms with Gasteiger partial charge in [0.05, 0.1) is 35.2 Å². The topological polar surface area (TPSA) is 217 Å². The van der Waals surface area contributed by atoms with Crippen molar-refractivity contribution in [2.24, 2.45) is 12.5 Å². The van der Waals surface area contributed by atoms with Gasteiger partial charge < -0.3 is 35.8 Å². The molecule has 5 aromatic rings. The molecule has 6 heterocycles. The van der Waals surface area contributed by atoms with E-state index in [2.05, 4.69) is 46.0 Å². The molecule has 0 atom stereocenters. The summed E-state index contributed by atoms with van der Waals surface area (Å²) in [6.45, 7) is 9.96. The fourth-order valence-electron chi connectivity index (χ4n) is 11.0. The van der Waals surface area contributed by atoms with Crippen LogP contribution < -0.4 is 31.7 Å². The number of nitrogens with zero attached hydrogens (tertiary/aromatic N) is 9. The number of rotatable bonds is 14. The van der Waals surface area contributed by atoms with Crippen LogP contribution in [0, 0.1) is 12.3 Å². The zero-order valence-electron chi connectivity index (χ0n) is 39.1. The molecule has 18 heteroatoms. The average molecular weight is 912 g/mol. The van der Waals surface area contributed by atoms with Gasteiger partial charge in [-0.3, -0.25) is 28.6 Å². The largest absolute Gasteiger partial charge is 0.384 e. The van der Waals surface area contributed by atoms with Crippen molar-refractivity contribution >= 4 is 57.7 Å². The lowest BCUT2D eigenvalue weighted by Crippen LogP contribution is -2.60. The van der Waals surface area contributed by atoms with Gasteiger partial charge in [0.15, 0.2) is 11.6 Å². The van der Waals surface area contributed by atoms with Crippen LogP contribution in [0.2, 0.25) is 0 Å². The van der Waals surface area contributed by atoms with Gasteiger partial charge in [-0.15, -0.1) is 0 Å². The first kappa shape index (κ1) is 44.6. The van der Waals surface area contributed by atoms with E-state index in [1.54, 1.807) is 43.7 Å². The van der Waals surface area contributed by atoms with Gasteiger partial charge in [0, 0.05) is 75.1 Å². The predicted octanol–water partition coefficient (Wildman–Crippen LogP) is 5.70. The molecule has 18 nitrogen and oxygen atoms in total. The zero-order chi connectivity index (χ0) is 46.8. The molecule has 1 spiro atoms. The summed E-state index contributed by atoms with van der Waals surface area (Å²) in [5.74, 6) is 2.80. The maximum atomic E-state index is 13.6. The van der Waals surface area contributed by atoms with Crippen molar-refractivity contribution in [2.45, 2.75) is 122 Å². The second-order valence-electron chi connectivity index (χ2n) is 20.3. The van der Waals surface area contributed by atoms with E-state index in [9.17, 15) is 24.3 Å². The summed E-state index contributed by atoms with van der Waals surface area (Å²) >= 11 is 0. The fourth-order valence-corrected chi connectivity index (χ4v) is 11.0. The maximum Gasteiger partial charge on any atom is 0.263 e. The van der Waals surface area contributed by atoms with Crippen molar-refractivity contribution in [3.8, 4) is 0 Å². The number of piperazine rings is 1. The van der Waals surface area contributed by atoms with Crippen molar-refractivity contribution in [2.75, 3.05) is 53.6 Å². The Kier molecular flexibility index (Phi) is 11.6. The summed E-state index contributed by atoms with van der Waals surface area (Å²) < 4.78 is 3.68. The van der Waals surface area contributed by atoms with E-state index < -0.39 is 5.60 Å². The molecule has 4 saturated carbocycles. The Morgan fingerprint density at radius 3 is 2.28 bits per heavy atom. The number of amides is 2. The van der Waals surface area contributed by atoms with Gasteiger partial charge in [0.25, 0.3) is 11.5 Å². The highest BCUT2D eigenvalue weighted by molar-refractivity contribution is 6.07. The Balaban J connectivity index is 0.683. The number of nitrogens with one attached hydrogen (secondary N) is 4. The Bertz CT molecular complexity index is 2780. The molecule has 5 aromatic heterocycles. The highest BCUT2D eigenvalue weighted by atomic mass is 16.3. The molecule has 0 aromatic carbocycles. The van der Waals surface area contributed by atoms with Crippen LogP contribution in [0.3, 0.4) is 0 Å². The Morgan fingerprint density at radius 1 is 0.881 bits per heavy atom. The molecule has 5 fully saturated rings. The van der Waals surface area contributed by atoms with Crippen molar-refractivity contribution in [3.63, 3.8) is 0 Å². The Labute approximate surface area is 389 Å². The fraction of sp³-hybridized carbons (Fsp3) is 0.531. The molecule has 5 aliphatic rings. The van der Waals surface area contributed by atoms with Crippen LogP contribution in [0.25, 0.3) is 11.0 Å². The van der Waals surface area contributed by atoms with Crippen molar-refractivity contribution < 1.29 is 19.5 Å². The maximum absolute atomic E-state index is 13.6. The number of hydrogen-bond acceptors (Lipinski definition) is 14. The van der Waals surface area contributed by atoms with Crippen LogP contribution in [0.5, 0.6) is 0 Å². The Morgan fingerprint density at radius 2 is 1.61 bits per heavy atom. The number of aryl methyl sites for hydroxylation is 2. The van der Waals surface area contributed by atoms with Gasteiger partial charge in [-0.05, 0) is 114 Å². The van der Waals surface area contributed by atoms with Crippen molar-refractivity contribution in [3.05, 3.63) is 81.4 Å². The van der Waals surface area contributed by atoms with E-state index in [4.69, 9.17) is 9.97 Å². The SMILES string of the molecule is CC(=O)c1c(C)c2cnc(Nc3ccc(N4CCN(CC(=O)NC5CC6(C5)CC(Nc5nc(C(C)(C)O)ccc5C(=O)Nc5cn(C)c(C7CC7)n5)C6)CC4)cn3)nc2n(C2CCCC2)c1=O. The summed E-state index contributed by atoms with van der Waals surface area (Å²) in [4.78, 5) is 80.7. The van der Waals surface area contributed by atoms with Gasteiger partial charge in [-0.25, -0.2) is 19.9 Å². The number of imidazole rings is 1. The van der Waals surface area contributed by atoms with Crippen LogP contribution in [-0.4, -0.2) is 106 Å². The summed E-state index contributed by atoms with van der Waals surface area (Å²) in [5.41, 5.74) is 1.91. The monoisotopic (exact) mass is 911 g/mol. The third-order valence-electron chi connectivity index (χ3n) is 14.6. The number of aliphatic hydroxyl groups is 1. The molecule has 352 valence electrons. The third-order valence-corrected chi connectivity index (χ3v) is 14.6. The lowest BCUT2D eigenvalue weighted by atomic mass is 9.52. The van der Waals surface area contributed by atoms with Crippen molar-refractivity contribution in [1.29, 1.82) is 0 Å². The number of carbonyl (C=O) groups is 3. The normalized spacial score (nSPS) is 22.1. The molecule has 67 heavy (non-hydrogen) atoms. The lowest BCUT2D eigenvalue weighted by Gasteiger charge is -2.58. The molecular formula is C49H61N13O5. The first-order valence-corrected chi connectivity index (χ1v) is 23.9. The molecule has 0 unspecified atom stereocenters. The van der Waals surface area contributed by atoms with E-state index in [-0.39, 0.29) is 52.3 Å². The minimum atomic E-state index is -1.17. The van der Waals surface area contributed by atoms with Crippen LogP contribution in [0.15, 0.2) is 47.7 Å². The van der Waals surface area contributed by atoms with Crippen molar-refractivity contribution in [1.82, 2.24) is 44.3 Å². The van der Waals surface area contributed by atoms with E-state index in [1.807, 2.05) is 36.1 Å². The van der Waals surface area contributed by atoms with E-state index in [0.29, 0.717) is 63.7 Å². The van der Waals surface area contributed by atoms with Crippen LogP contribution >= 0.6 is 0 Å². The number of aromatic nitrogens is 7. The number of Topliss-reactive ketones (excluding diaryl/α,β-unsaturated/α-hetero) is 1. The standard InChI is InChI=1S/C49H61N13O5/c1-28-36-25-51-47(58-44(36)62(33-8-6-7-9-33)46(66)41(28)29(2)63)57-38-15-12-34(24-50-38)61-18-16-60(17-19-61)27-40(64)52-31-20-49(21-31)22-32(23-49)53-42-35(13-14-37(54-42)48(3,4)67)45(65)56-39-26-59(5)43(55-39)30-10-11-30/h12-15,24-26,30-33,67H,6-11,16-23,27H2,1-5H3,(H,52,64)(H,53,54)(H,56,65)(H,50,51,57,58). The van der Waals surface area contributed by atoms with Gasteiger partial charge in [-0.2, -0.15) is 4.98 Å². The number of hydrogen-bond donors (Lipinski definition) is 5. The molecule has 2 amide bonds. The quantitative estimate of drug-likeness (QED) is 0.0845. The molecule has 4 aliphatic carbocycles. The van der Waals surface area contributed by atoms with E-state index >= 15 is 0 Å². The molecule has 0 radical (unpaired) electrons. The lowest BCUT2D eigenvalue weighted by molar-refractivity contribution is -0.125. The minimum Gasteiger partial charge on any atom is -0.384 e. The smallest absolute Gasteiger partial charge is 0.263 e. The van der Waals surface area contributed by atoms with E-state index in [1.165, 1.54) is 6.92 Å². The second-order valence-corrected chi connectivity index (χ2v) is 20.3. The van der Waals surface area contributed by atoms with Crippen LogP contribution in [0.1, 0.15) is 135 Å². The highest BCUT2D eigenvalue weighted by Crippen LogP contribution is 2.56. The van der Waals surface area contributed by atoms with Gasteiger partial charge in [0.1, 0.15) is 28.7 Å². The molecule has 0 bridgehead atoms. The number of fused-ring (bicyclic) bond motifs is 1. The minimum absolute atomic E-state index is 0.00212. The number of anilines is 5. The number of carbonyl (C=O) groups excluding carboxylic acids is 3. The first-order valence-electron chi connectivity index (χ1n) is 23.9. The summed E-state index contributed by atoms with van der Waals surface area (Å²) in [6, 6.07) is 7.58. The van der Waals surface area contributed by atoms with Gasteiger partial charge >= 0.3 is 0 Å². The Hall–Kier alpha value is -6.27.